The summed E-state index contributed by atoms with van der Waals surface area (Å²) in [7, 11) is -4.01. The van der Waals surface area contributed by atoms with Crippen LogP contribution >= 0.6 is 0 Å². The van der Waals surface area contributed by atoms with Gasteiger partial charge in [-0.2, -0.15) is 12.7 Å². The van der Waals surface area contributed by atoms with Crippen LogP contribution < -0.4 is 10.0 Å². The number of carbonyl (C=O) groups excluding carboxylic acids is 1. The molecule has 0 aromatic heterocycles. The first-order valence-electron chi connectivity index (χ1n) is 6.68. The van der Waals surface area contributed by atoms with Gasteiger partial charge in [-0.15, -0.1) is 0 Å². The molecule has 1 unspecified atom stereocenters. The fraction of sp³-hybridized carbons (Fsp3) is 0.909. The molecule has 1 aliphatic rings. The lowest BCUT2D eigenvalue weighted by Crippen LogP contribution is -2.49. The Hall–Kier alpha value is -0.900. The molecular formula is C11H23N3O5S. The van der Waals surface area contributed by atoms with Crippen LogP contribution in [0.2, 0.25) is 0 Å². The van der Waals surface area contributed by atoms with Crippen LogP contribution in [0.25, 0.3) is 0 Å². The first kappa shape index (κ1) is 17.2. The molecule has 0 saturated carbocycles. The van der Waals surface area contributed by atoms with Gasteiger partial charge in [-0.05, 0) is 33.2 Å². The number of amides is 1. The predicted octanol–water partition coefficient (Wildman–Crippen LogP) is -0.588. The molecule has 1 amide bonds. The lowest BCUT2D eigenvalue weighted by atomic mass is 10.2. The molecule has 1 atom stereocenters. The zero-order valence-electron chi connectivity index (χ0n) is 11.8. The van der Waals surface area contributed by atoms with Crippen molar-refractivity contribution in [3.8, 4) is 0 Å². The van der Waals surface area contributed by atoms with Gasteiger partial charge in [-0.1, -0.05) is 0 Å². The van der Waals surface area contributed by atoms with Crippen LogP contribution in [-0.2, 0) is 14.9 Å². The van der Waals surface area contributed by atoms with E-state index in [0.29, 0.717) is 0 Å². The predicted molar refractivity (Wildman–Crippen MR) is 73.4 cm³/mol. The van der Waals surface area contributed by atoms with Crippen molar-refractivity contribution in [2.75, 3.05) is 26.2 Å². The fourth-order valence-corrected chi connectivity index (χ4v) is 3.07. The van der Waals surface area contributed by atoms with Crippen LogP contribution in [0, 0.1) is 0 Å². The molecule has 1 aliphatic heterocycles. The van der Waals surface area contributed by atoms with Crippen molar-refractivity contribution in [1.82, 2.24) is 14.3 Å². The zero-order valence-corrected chi connectivity index (χ0v) is 12.6. The van der Waals surface area contributed by atoms with E-state index >= 15 is 0 Å². The van der Waals surface area contributed by atoms with E-state index in [-0.39, 0.29) is 25.7 Å². The third kappa shape index (κ3) is 5.61. The normalized spacial score (nSPS) is 19.6. The Labute approximate surface area is 119 Å². The van der Waals surface area contributed by atoms with Gasteiger partial charge in [0.15, 0.2) is 0 Å². The quantitative estimate of drug-likeness (QED) is 0.580. The summed E-state index contributed by atoms with van der Waals surface area (Å²) in [6.45, 7) is 3.93. The highest BCUT2D eigenvalue weighted by Crippen LogP contribution is 2.09. The third-order valence-corrected chi connectivity index (χ3v) is 4.27. The van der Waals surface area contributed by atoms with E-state index in [1.807, 2.05) is 4.72 Å². The molecule has 0 aromatic rings. The summed E-state index contributed by atoms with van der Waals surface area (Å²) in [5.74, 6) is 0. The molecule has 1 heterocycles. The van der Waals surface area contributed by atoms with E-state index in [1.165, 1.54) is 0 Å². The Morgan fingerprint density at radius 2 is 2.25 bits per heavy atom. The second-order valence-corrected chi connectivity index (χ2v) is 6.61. The van der Waals surface area contributed by atoms with Crippen molar-refractivity contribution in [1.29, 1.82) is 0 Å². The van der Waals surface area contributed by atoms with E-state index in [9.17, 15) is 13.2 Å². The van der Waals surface area contributed by atoms with Crippen LogP contribution in [0.1, 0.15) is 26.7 Å². The van der Waals surface area contributed by atoms with Crippen molar-refractivity contribution >= 4 is 16.3 Å². The van der Waals surface area contributed by atoms with Gasteiger partial charge in [0.25, 0.3) is 0 Å². The van der Waals surface area contributed by atoms with E-state index in [2.05, 4.69) is 5.32 Å². The number of hydrogen-bond acceptors (Lipinski definition) is 6. The Morgan fingerprint density at radius 3 is 2.75 bits per heavy atom. The molecule has 20 heavy (non-hydrogen) atoms. The van der Waals surface area contributed by atoms with Gasteiger partial charge < -0.3 is 15.2 Å². The average Bonchev–Trinajstić information content (AvgIpc) is 2.79. The van der Waals surface area contributed by atoms with Crippen molar-refractivity contribution < 1.29 is 23.1 Å². The summed E-state index contributed by atoms with van der Waals surface area (Å²) < 4.78 is 31.8. The highest BCUT2D eigenvalue weighted by molar-refractivity contribution is 7.87. The summed E-state index contributed by atoms with van der Waals surface area (Å²) in [5, 5.41) is 12.2. The second-order valence-electron chi connectivity index (χ2n) is 4.94. The second kappa shape index (κ2) is 7.77. The highest BCUT2D eigenvalue weighted by Gasteiger charge is 2.28. The van der Waals surface area contributed by atoms with E-state index < -0.39 is 22.4 Å². The molecule has 118 valence electrons. The van der Waals surface area contributed by atoms with Crippen molar-refractivity contribution in [3.05, 3.63) is 0 Å². The first-order valence-corrected chi connectivity index (χ1v) is 8.12. The van der Waals surface area contributed by atoms with Gasteiger partial charge in [0.1, 0.15) is 0 Å². The number of aliphatic hydroxyl groups is 1. The van der Waals surface area contributed by atoms with Gasteiger partial charge >= 0.3 is 16.3 Å². The number of hydrogen-bond donors (Lipinski definition) is 3. The molecule has 8 nitrogen and oxygen atoms in total. The van der Waals surface area contributed by atoms with Crippen molar-refractivity contribution in [3.63, 3.8) is 0 Å². The summed E-state index contributed by atoms with van der Waals surface area (Å²) in [5.41, 5.74) is 0. The molecule has 0 spiro atoms. The molecular weight excluding hydrogens is 286 g/mol. The van der Waals surface area contributed by atoms with Crippen LogP contribution in [0.15, 0.2) is 0 Å². The fourth-order valence-electron chi connectivity index (χ4n) is 1.99. The number of carbonyl (C=O) groups is 1. The molecule has 0 aromatic carbocycles. The molecule has 0 bridgehead atoms. The standard InChI is InChI=1S/C11H23N3O5S/c1-9(2)19-11(16)13-20(17,18)14(6-7-15)8-10-4-3-5-12-10/h9-10,12,15H,3-8H2,1-2H3,(H,13,16). The lowest BCUT2D eigenvalue weighted by molar-refractivity contribution is 0.120. The third-order valence-electron chi connectivity index (χ3n) is 2.83. The largest absolute Gasteiger partial charge is 0.446 e. The van der Waals surface area contributed by atoms with E-state index in [4.69, 9.17) is 9.84 Å². The Kier molecular flexibility index (Phi) is 6.66. The Bertz CT molecular complexity index is 406. The minimum atomic E-state index is -4.01. The number of rotatable bonds is 7. The number of nitrogens with zero attached hydrogens (tertiary/aromatic N) is 1. The summed E-state index contributed by atoms with van der Waals surface area (Å²) in [4.78, 5) is 11.4. The maximum absolute atomic E-state index is 12.1. The monoisotopic (exact) mass is 309 g/mol. The molecule has 0 radical (unpaired) electrons. The number of nitrogens with one attached hydrogen (secondary N) is 2. The van der Waals surface area contributed by atoms with Gasteiger partial charge in [-0.25, -0.2) is 9.52 Å². The van der Waals surface area contributed by atoms with Crippen LogP contribution in [0.5, 0.6) is 0 Å². The maximum Gasteiger partial charge on any atom is 0.422 e. The molecule has 1 saturated heterocycles. The van der Waals surface area contributed by atoms with E-state index in [0.717, 1.165) is 23.7 Å². The van der Waals surface area contributed by atoms with Gasteiger partial charge in [0.05, 0.1) is 12.7 Å². The summed E-state index contributed by atoms with van der Waals surface area (Å²) >= 11 is 0. The van der Waals surface area contributed by atoms with Gasteiger partial charge in [0, 0.05) is 19.1 Å². The van der Waals surface area contributed by atoms with Crippen molar-refractivity contribution in [2.24, 2.45) is 0 Å². The van der Waals surface area contributed by atoms with Crippen LogP contribution in [0.4, 0.5) is 4.79 Å². The Morgan fingerprint density at radius 1 is 1.55 bits per heavy atom. The molecule has 1 fully saturated rings. The summed E-state index contributed by atoms with van der Waals surface area (Å²) in [6.07, 6.45) is 0.435. The average molecular weight is 309 g/mol. The van der Waals surface area contributed by atoms with Gasteiger partial charge in [0.2, 0.25) is 0 Å². The number of ether oxygens (including phenoxy) is 1. The summed E-state index contributed by atoms with van der Waals surface area (Å²) in [6, 6.07) is 0.0410. The maximum atomic E-state index is 12.1. The van der Waals surface area contributed by atoms with Crippen LogP contribution in [0.3, 0.4) is 0 Å². The Balaban J connectivity index is 2.64. The van der Waals surface area contributed by atoms with Gasteiger partial charge in [-0.3, -0.25) is 0 Å². The number of aliphatic hydroxyl groups excluding tert-OH is 1. The van der Waals surface area contributed by atoms with Crippen LogP contribution in [-0.4, -0.2) is 62.3 Å². The minimum absolute atomic E-state index is 0.0410. The zero-order chi connectivity index (χ0) is 15.2. The lowest BCUT2D eigenvalue weighted by Gasteiger charge is -2.24. The smallest absolute Gasteiger partial charge is 0.422 e. The topological polar surface area (TPSA) is 108 Å². The molecule has 9 heteroatoms. The molecule has 0 aliphatic carbocycles. The first-order chi connectivity index (χ1) is 9.35. The van der Waals surface area contributed by atoms with E-state index in [1.54, 1.807) is 13.8 Å². The molecule has 3 N–H and O–H groups in total. The molecule has 1 rings (SSSR count). The highest BCUT2D eigenvalue weighted by atomic mass is 32.2. The SMILES string of the molecule is CC(C)OC(=O)NS(=O)(=O)N(CCO)CC1CCCN1. The minimum Gasteiger partial charge on any atom is -0.446 e. The van der Waals surface area contributed by atoms with Crippen molar-refractivity contribution in [2.45, 2.75) is 38.8 Å².